The molecule has 0 saturated carbocycles. The predicted molar refractivity (Wildman–Crippen MR) is 76.5 cm³/mol. The molecular formula is C15H10N4O. The van der Waals surface area contributed by atoms with Crippen LogP contribution in [-0.4, -0.2) is 19.4 Å². The van der Waals surface area contributed by atoms with Crippen molar-refractivity contribution in [1.82, 2.24) is 19.4 Å². The second-order valence-electron chi connectivity index (χ2n) is 4.51. The number of imidazole rings is 1. The predicted octanol–water partition coefficient (Wildman–Crippen LogP) is 2.24. The number of para-hydroxylation sites is 1. The van der Waals surface area contributed by atoms with Crippen LogP contribution >= 0.6 is 0 Å². The molecule has 3 heterocycles. The SMILES string of the molecule is O=c1[nH]c2ccccc2c2nc(-c3ccccn3)cn12. The summed E-state index contributed by atoms with van der Waals surface area (Å²) in [7, 11) is 0. The molecule has 1 N–H and O–H groups in total. The minimum absolute atomic E-state index is 0.201. The van der Waals surface area contributed by atoms with E-state index in [9.17, 15) is 4.79 Å². The van der Waals surface area contributed by atoms with Gasteiger partial charge in [0.05, 0.1) is 11.2 Å². The van der Waals surface area contributed by atoms with Gasteiger partial charge in [-0.3, -0.25) is 9.38 Å². The fourth-order valence-corrected chi connectivity index (χ4v) is 2.33. The number of hydrogen-bond donors (Lipinski definition) is 1. The molecule has 0 atom stereocenters. The molecule has 0 fully saturated rings. The Morgan fingerprint density at radius 3 is 2.70 bits per heavy atom. The number of nitrogens with zero attached hydrogens (tertiary/aromatic N) is 3. The van der Waals surface area contributed by atoms with E-state index in [1.54, 1.807) is 12.4 Å². The quantitative estimate of drug-likeness (QED) is 0.572. The molecule has 0 unspecified atom stereocenters. The zero-order valence-electron chi connectivity index (χ0n) is 10.4. The van der Waals surface area contributed by atoms with Crippen LogP contribution < -0.4 is 5.69 Å². The molecule has 1 aromatic carbocycles. The second kappa shape index (κ2) is 4.03. The Morgan fingerprint density at radius 2 is 1.85 bits per heavy atom. The maximum absolute atomic E-state index is 12.1. The van der Waals surface area contributed by atoms with E-state index in [1.807, 2.05) is 42.5 Å². The topological polar surface area (TPSA) is 63.0 Å². The molecule has 0 bridgehead atoms. The lowest BCUT2D eigenvalue weighted by molar-refractivity contribution is 1.03. The Kier molecular flexibility index (Phi) is 2.20. The fourth-order valence-electron chi connectivity index (χ4n) is 2.33. The number of aromatic nitrogens is 4. The van der Waals surface area contributed by atoms with Gasteiger partial charge in [-0.25, -0.2) is 9.78 Å². The van der Waals surface area contributed by atoms with Gasteiger partial charge in [0.2, 0.25) is 0 Å². The van der Waals surface area contributed by atoms with Crippen LogP contribution in [0, 0.1) is 0 Å². The van der Waals surface area contributed by atoms with Crippen molar-refractivity contribution in [3.05, 3.63) is 65.3 Å². The summed E-state index contributed by atoms with van der Waals surface area (Å²) in [4.78, 5) is 23.7. The maximum atomic E-state index is 12.1. The molecule has 0 aliphatic rings. The molecule has 96 valence electrons. The average molecular weight is 262 g/mol. The standard InChI is InChI=1S/C15H10N4O/c20-15-18-11-6-2-1-5-10(11)14-17-13(9-19(14)15)12-7-3-4-8-16-12/h1-9H,(H,18,20). The van der Waals surface area contributed by atoms with Crippen molar-refractivity contribution in [1.29, 1.82) is 0 Å². The van der Waals surface area contributed by atoms with Crippen LogP contribution in [-0.2, 0) is 0 Å². The first-order valence-corrected chi connectivity index (χ1v) is 6.24. The Bertz CT molecular complexity index is 969. The first-order chi connectivity index (χ1) is 9.83. The Hall–Kier alpha value is -2.95. The van der Waals surface area contributed by atoms with E-state index in [2.05, 4.69) is 15.0 Å². The third-order valence-corrected chi connectivity index (χ3v) is 3.26. The van der Waals surface area contributed by atoms with Crippen molar-refractivity contribution in [2.75, 3.05) is 0 Å². The van der Waals surface area contributed by atoms with E-state index >= 15 is 0 Å². The lowest BCUT2D eigenvalue weighted by Gasteiger charge is -1.98. The number of rotatable bonds is 1. The van der Waals surface area contributed by atoms with Crippen LogP contribution in [0.4, 0.5) is 0 Å². The van der Waals surface area contributed by atoms with Crippen molar-refractivity contribution in [2.45, 2.75) is 0 Å². The molecule has 0 aliphatic carbocycles. The minimum atomic E-state index is -0.201. The summed E-state index contributed by atoms with van der Waals surface area (Å²) in [5.74, 6) is 0. The van der Waals surface area contributed by atoms with E-state index in [-0.39, 0.29) is 5.69 Å². The summed E-state index contributed by atoms with van der Waals surface area (Å²) in [6.45, 7) is 0. The number of benzene rings is 1. The number of pyridine rings is 1. The molecule has 4 rings (SSSR count). The van der Waals surface area contributed by atoms with E-state index in [4.69, 9.17) is 0 Å². The van der Waals surface area contributed by atoms with Gasteiger partial charge in [-0.2, -0.15) is 0 Å². The van der Waals surface area contributed by atoms with Crippen molar-refractivity contribution in [3.63, 3.8) is 0 Å². The van der Waals surface area contributed by atoms with Crippen LogP contribution in [0.1, 0.15) is 0 Å². The van der Waals surface area contributed by atoms with Crippen molar-refractivity contribution in [3.8, 4) is 11.4 Å². The highest BCUT2D eigenvalue weighted by atomic mass is 16.1. The zero-order chi connectivity index (χ0) is 13.5. The van der Waals surface area contributed by atoms with Gasteiger partial charge in [-0.15, -0.1) is 0 Å². The van der Waals surface area contributed by atoms with Gasteiger partial charge in [-0.05, 0) is 24.3 Å². The molecule has 5 heteroatoms. The minimum Gasteiger partial charge on any atom is -0.306 e. The monoisotopic (exact) mass is 262 g/mol. The number of nitrogens with one attached hydrogen (secondary N) is 1. The summed E-state index contributed by atoms with van der Waals surface area (Å²) in [5.41, 5.74) is 2.66. The van der Waals surface area contributed by atoms with Crippen LogP contribution in [0.15, 0.2) is 59.7 Å². The molecule has 4 aromatic rings. The van der Waals surface area contributed by atoms with Crippen LogP contribution in [0.5, 0.6) is 0 Å². The molecule has 0 radical (unpaired) electrons. The highest BCUT2D eigenvalue weighted by molar-refractivity contribution is 5.91. The lowest BCUT2D eigenvalue weighted by atomic mass is 10.2. The Labute approximate surface area is 113 Å². The van der Waals surface area contributed by atoms with Crippen LogP contribution in [0.2, 0.25) is 0 Å². The highest BCUT2D eigenvalue weighted by Gasteiger charge is 2.10. The summed E-state index contributed by atoms with van der Waals surface area (Å²) < 4.78 is 1.52. The van der Waals surface area contributed by atoms with Gasteiger partial charge in [0.1, 0.15) is 5.69 Å². The molecule has 0 spiro atoms. The van der Waals surface area contributed by atoms with E-state index in [0.29, 0.717) is 11.3 Å². The molecule has 0 saturated heterocycles. The third kappa shape index (κ3) is 1.53. The largest absolute Gasteiger partial charge is 0.331 e. The summed E-state index contributed by atoms with van der Waals surface area (Å²) in [5, 5.41) is 0.911. The van der Waals surface area contributed by atoms with E-state index < -0.39 is 0 Å². The molecular weight excluding hydrogens is 252 g/mol. The molecule has 0 amide bonds. The van der Waals surface area contributed by atoms with Gasteiger partial charge >= 0.3 is 5.69 Å². The summed E-state index contributed by atoms with van der Waals surface area (Å²) >= 11 is 0. The smallest absolute Gasteiger partial charge is 0.306 e. The Morgan fingerprint density at radius 1 is 1.00 bits per heavy atom. The Balaban J connectivity index is 2.11. The fraction of sp³-hybridized carbons (Fsp3) is 0. The number of hydrogen-bond acceptors (Lipinski definition) is 3. The first-order valence-electron chi connectivity index (χ1n) is 6.24. The second-order valence-corrected chi connectivity index (χ2v) is 4.51. The number of aromatic amines is 1. The van der Waals surface area contributed by atoms with Crippen LogP contribution in [0.25, 0.3) is 27.9 Å². The third-order valence-electron chi connectivity index (χ3n) is 3.26. The summed E-state index contributed by atoms with van der Waals surface area (Å²) in [6.07, 6.45) is 3.42. The summed E-state index contributed by atoms with van der Waals surface area (Å²) in [6, 6.07) is 13.2. The maximum Gasteiger partial charge on any atom is 0.331 e. The van der Waals surface area contributed by atoms with E-state index in [1.165, 1.54) is 4.40 Å². The van der Waals surface area contributed by atoms with Crippen molar-refractivity contribution >= 4 is 16.6 Å². The zero-order valence-corrected chi connectivity index (χ0v) is 10.4. The van der Waals surface area contributed by atoms with Gasteiger partial charge in [0, 0.05) is 17.8 Å². The molecule has 3 aromatic heterocycles. The highest BCUT2D eigenvalue weighted by Crippen LogP contribution is 2.20. The van der Waals surface area contributed by atoms with Crippen molar-refractivity contribution in [2.24, 2.45) is 0 Å². The normalized spacial score (nSPS) is 11.2. The van der Waals surface area contributed by atoms with Crippen LogP contribution in [0.3, 0.4) is 0 Å². The number of fused-ring (bicyclic) bond motifs is 3. The van der Waals surface area contributed by atoms with Gasteiger partial charge < -0.3 is 4.98 Å². The molecule has 0 aliphatic heterocycles. The molecule has 20 heavy (non-hydrogen) atoms. The van der Waals surface area contributed by atoms with Gasteiger partial charge in [-0.1, -0.05) is 18.2 Å². The lowest BCUT2D eigenvalue weighted by Crippen LogP contribution is -2.15. The number of H-pyrrole nitrogens is 1. The van der Waals surface area contributed by atoms with Crippen molar-refractivity contribution < 1.29 is 0 Å². The first kappa shape index (κ1) is 10.9. The van der Waals surface area contributed by atoms with Gasteiger partial charge in [0.15, 0.2) is 5.65 Å². The molecule has 5 nitrogen and oxygen atoms in total. The van der Waals surface area contributed by atoms with Gasteiger partial charge in [0.25, 0.3) is 0 Å². The van der Waals surface area contributed by atoms with E-state index in [0.717, 1.165) is 16.6 Å². The average Bonchev–Trinajstić information content (AvgIpc) is 2.94.